The van der Waals surface area contributed by atoms with Crippen LogP contribution in [-0.4, -0.2) is 16.1 Å². The second kappa shape index (κ2) is 6.60. The maximum Gasteiger partial charge on any atom is 0.0949 e. The van der Waals surface area contributed by atoms with Crippen LogP contribution in [0.15, 0.2) is 43.0 Å². The minimum atomic E-state index is 0.862. The summed E-state index contributed by atoms with van der Waals surface area (Å²) in [5.74, 6) is 0.862. The van der Waals surface area contributed by atoms with Gasteiger partial charge in [-0.1, -0.05) is 31.4 Å². The van der Waals surface area contributed by atoms with Crippen LogP contribution < -0.4 is 5.32 Å². The van der Waals surface area contributed by atoms with Crippen LogP contribution in [0, 0.1) is 5.92 Å². The predicted octanol–water partition coefficient (Wildman–Crippen LogP) is 3.92. The number of anilines is 1. The fourth-order valence-electron chi connectivity index (χ4n) is 3.02. The molecule has 3 rings (SSSR count). The van der Waals surface area contributed by atoms with E-state index in [9.17, 15) is 0 Å². The number of rotatable bonds is 5. The third-order valence-corrected chi connectivity index (χ3v) is 4.17. The zero-order chi connectivity index (χ0) is 13.6. The van der Waals surface area contributed by atoms with Crippen molar-refractivity contribution >= 4 is 5.69 Å². The lowest BCUT2D eigenvalue weighted by molar-refractivity contribution is 0.373. The van der Waals surface area contributed by atoms with Crippen molar-refractivity contribution < 1.29 is 0 Å². The molecule has 0 radical (unpaired) electrons. The Bertz CT molecular complexity index is 513. The van der Waals surface area contributed by atoms with Gasteiger partial charge in [0.25, 0.3) is 0 Å². The molecule has 1 aliphatic rings. The number of nitrogens with zero attached hydrogens (tertiary/aromatic N) is 2. The van der Waals surface area contributed by atoms with Gasteiger partial charge in [-0.2, -0.15) is 0 Å². The molecule has 1 N–H and O–H groups in total. The molecule has 0 aliphatic heterocycles. The van der Waals surface area contributed by atoms with Gasteiger partial charge >= 0.3 is 0 Å². The summed E-state index contributed by atoms with van der Waals surface area (Å²) < 4.78 is 2.10. The summed E-state index contributed by atoms with van der Waals surface area (Å²) in [7, 11) is 0. The summed E-state index contributed by atoms with van der Waals surface area (Å²) in [6.07, 6.45) is 12.7. The van der Waals surface area contributed by atoms with E-state index < -0.39 is 0 Å². The highest BCUT2D eigenvalue weighted by atomic mass is 15.0. The summed E-state index contributed by atoms with van der Waals surface area (Å²) >= 11 is 0. The van der Waals surface area contributed by atoms with Gasteiger partial charge in [-0.15, -0.1) is 0 Å². The largest absolute Gasteiger partial charge is 0.385 e. The van der Waals surface area contributed by atoms with Gasteiger partial charge in [0, 0.05) is 31.2 Å². The summed E-state index contributed by atoms with van der Waals surface area (Å²) in [4.78, 5) is 4.09. The first kappa shape index (κ1) is 13.2. The Morgan fingerprint density at radius 3 is 2.90 bits per heavy atom. The molecule has 1 fully saturated rings. The molecular formula is C17H23N3. The van der Waals surface area contributed by atoms with E-state index in [0.717, 1.165) is 19.0 Å². The highest BCUT2D eigenvalue weighted by molar-refractivity contribution is 5.45. The summed E-state index contributed by atoms with van der Waals surface area (Å²) in [6.45, 7) is 2.01. The van der Waals surface area contributed by atoms with E-state index >= 15 is 0 Å². The van der Waals surface area contributed by atoms with Crippen LogP contribution in [0.4, 0.5) is 5.69 Å². The van der Waals surface area contributed by atoms with Gasteiger partial charge in [-0.05, 0) is 36.5 Å². The monoisotopic (exact) mass is 269 g/mol. The number of imidazole rings is 1. The van der Waals surface area contributed by atoms with Crippen molar-refractivity contribution in [2.24, 2.45) is 5.92 Å². The van der Waals surface area contributed by atoms with E-state index in [0.29, 0.717) is 0 Å². The van der Waals surface area contributed by atoms with E-state index in [2.05, 4.69) is 39.1 Å². The first-order valence-corrected chi connectivity index (χ1v) is 7.69. The average Bonchev–Trinajstić information content (AvgIpc) is 3.00. The average molecular weight is 269 g/mol. The summed E-state index contributed by atoms with van der Waals surface area (Å²) in [5.41, 5.74) is 2.56. The van der Waals surface area contributed by atoms with Crippen LogP contribution in [0.2, 0.25) is 0 Å². The van der Waals surface area contributed by atoms with Crippen LogP contribution in [0.3, 0.4) is 0 Å². The molecule has 0 amide bonds. The molecule has 1 aliphatic carbocycles. The number of hydrogen-bond acceptors (Lipinski definition) is 2. The standard InChI is InChI=1S/C17H23N3/c1-2-5-15(6-3-1)12-19-17-8-4-7-16(11-17)13-20-10-9-18-14-20/h4,7-11,14-15,19H,1-3,5-6,12-13H2. The van der Waals surface area contributed by atoms with E-state index in [1.807, 2.05) is 18.7 Å². The van der Waals surface area contributed by atoms with E-state index in [1.165, 1.54) is 43.4 Å². The van der Waals surface area contributed by atoms with E-state index in [4.69, 9.17) is 0 Å². The summed E-state index contributed by atoms with van der Waals surface area (Å²) in [6, 6.07) is 8.73. The normalized spacial score (nSPS) is 16.2. The molecule has 1 aromatic carbocycles. The van der Waals surface area contributed by atoms with Crippen molar-refractivity contribution in [1.82, 2.24) is 9.55 Å². The van der Waals surface area contributed by atoms with E-state index in [1.54, 1.807) is 0 Å². The van der Waals surface area contributed by atoms with Crippen LogP contribution in [0.5, 0.6) is 0 Å². The molecule has 20 heavy (non-hydrogen) atoms. The number of benzene rings is 1. The van der Waals surface area contributed by atoms with Gasteiger partial charge in [0.05, 0.1) is 6.33 Å². The third-order valence-electron chi connectivity index (χ3n) is 4.17. The van der Waals surface area contributed by atoms with Crippen molar-refractivity contribution in [2.75, 3.05) is 11.9 Å². The first-order valence-electron chi connectivity index (χ1n) is 7.69. The molecule has 106 valence electrons. The number of nitrogens with one attached hydrogen (secondary N) is 1. The highest BCUT2D eigenvalue weighted by Gasteiger charge is 2.12. The number of aromatic nitrogens is 2. The second-order valence-electron chi connectivity index (χ2n) is 5.82. The van der Waals surface area contributed by atoms with Crippen LogP contribution in [0.1, 0.15) is 37.7 Å². The maximum absolute atomic E-state index is 4.09. The molecule has 0 unspecified atom stereocenters. The Balaban J connectivity index is 1.56. The smallest absolute Gasteiger partial charge is 0.0949 e. The molecule has 1 saturated carbocycles. The van der Waals surface area contributed by atoms with Gasteiger partial charge in [0.1, 0.15) is 0 Å². The quantitative estimate of drug-likeness (QED) is 0.891. The molecule has 1 heterocycles. The molecule has 0 saturated heterocycles. The lowest BCUT2D eigenvalue weighted by atomic mass is 9.89. The molecule has 2 aromatic rings. The Morgan fingerprint density at radius 1 is 1.20 bits per heavy atom. The Kier molecular flexibility index (Phi) is 4.36. The Morgan fingerprint density at radius 2 is 2.10 bits per heavy atom. The van der Waals surface area contributed by atoms with Crippen molar-refractivity contribution in [3.05, 3.63) is 48.5 Å². The van der Waals surface area contributed by atoms with Crippen molar-refractivity contribution in [3.63, 3.8) is 0 Å². The molecular weight excluding hydrogens is 246 g/mol. The SMILES string of the molecule is c1cc(Cn2ccnc2)cc(NCC2CCCCC2)c1. The van der Waals surface area contributed by atoms with Crippen LogP contribution in [-0.2, 0) is 6.54 Å². The van der Waals surface area contributed by atoms with Crippen molar-refractivity contribution in [3.8, 4) is 0 Å². The maximum atomic E-state index is 4.09. The van der Waals surface area contributed by atoms with Gasteiger partial charge < -0.3 is 9.88 Å². The zero-order valence-corrected chi connectivity index (χ0v) is 12.0. The minimum absolute atomic E-state index is 0.862. The van der Waals surface area contributed by atoms with Gasteiger partial charge in [0.15, 0.2) is 0 Å². The van der Waals surface area contributed by atoms with E-state index in [-0.39, 0.29) is 0 Å². The minimum Gasteiger partial charge on any atom is -0.385 e. The van der Waals surface area contributed by atoms with Gasteiger partial charge in [0.2, 0.25) is 0 Å². The van der Waals surface area contributed by atoms with Crippen molar-refractivity contribution in [1.29, 1.82) is 0 Å². The molecule has 0 atom stereocenters. The number of hydrogen-bond donors (Lipinski definition) is 1. The first-order chi connectivity index (χ1) is 9.90. The molecule has 0 spiro atoms. The Hall–Kier alpha value is -1.77. The molecule has 1 aromatic heterocycles. The molecule has 3 nitrogen and oxygen atoms in total. The van der Waals surface area contributed by atoms with Crippen LogP contribution >= 0.6 is 0 Å². The Labute approximate surface area is 121 Å². The second-order valence-corrected chi connectivity index (χ2v) is 5.82. The molecule has 3 heteroatoms. The van der Waals surface area contributed by atoms with Gasteiger partial charge in [-0.25, -0.2) is 4.98 Å². The molecule has 0 bridgehead atoms. The fourth-order valence-corrected chi connectivity index (χ4v) is 3.02. The van der Waals surface area contributed by atoms with Gasteiger partial charge in [-0.3, -0.25) is 0 Å². The fraction of sp³-hybridized carbons (Fsp3) is 0.471. The lowest BCUT2D eigenvalue weighted by Crippen LogP contribution is -2.17. The topological polar surface area (TPSA) is 29.9 Å². The highest BCUT2D eigenvalue weighted by Crippen LogP contribution is 2.24. The van der Waals surface area contributed by atoms with Crippen LogP contribution in [0.25, 0.3) is 0 Å². The lowest BCUT2D eigenvalue weighted by Gasteiger charge is -2.22. The summed E-state index contributed by atoms with van der Waals surface area (Å²) in [5, 5.41) is 3.61. The predicted molar refractivity (Wildman–Crippen MR) is 82.8 cm³/mol. The third kappa shape index (κ3) is 3.62. The zero-order valence-electron chi connectivity index (χ0n) is 12.0. The van der Waals surface area contributed by atoms with Crippen molar-refractivity contribution in [2.45, 2.75) is 38.6 Å².